The quantitative estimate of drug-likeness (QED) is 0.388. The van der Waals surface area contributed by atoms with Crippen LogP contribution in [0.25, 0.3) is 10.9 Å². The number of para-hydroxylation sites is 1. The average Bonchev–Trinajstić information content (AvgIpc) is 2.86. The van der Waals surface area contributed by atoms with Crippen molar-refractivity contribution in [2.45, 2.75) is 19.4 Å². The van der Waals surface area contributed by atoms with Gasteiger partial charge >= 0.3 is 5.97 Å². The molecule has 2 heterocycles. The molecular formula is C28H25NO5. The largest absolute Gasteiger partial charge is 0.493 e. The fraction of sp³-hybridized carbons (Fsp3) is 0.214. The van der Waals surface area contributed by atoms with Crippen LogP contribution in [0, 0.1) is 5.92 Å². The van der Waals surface area contributed by atoms with E-state index in [4.69, 9.17) is 14.2 Å². The predicted molar refractivity (Wildman–Crippen MR) is 128 cm³/mol. The lowest BCUT2D eigenvalue weighted by atomic mass is 9.88. The molecule has 0 bridgehead atoms. The van der Waals surface area contributed by atoms with Gasteiger partial charge in [0, 0.05) is 22.9 Å². The van der Waals surface area contributed by atoms with Gasteiger partial charge in [0.05, 0.1) is 30.4 Å². The third-order valence-corrected chi connectivity index (χ3v) is 5.93. The van der Waals surface area contributed by atoms with Crippen molar-refractivity contribution in [1.82, 2.24) is 4.98 Å². The zero-order valence-corrected chi connectivity index (χ0v) is 18.8. The van der Waals surface area contributed by atoms with E-state index in [0.29, 0.717) is 48.1 Å². The van der Waals surface area contributed by atoms with Crippen molar-refractivity contribution in [3.63, 3.8) is 0 Å². The predicted octanol–water partition coefficient (Wildman–Crippen LogP) is 5.49. The van der Waals surface area contributed by atoms with Crippen molar-refractivity contribution in [1.29, 1.82) is 0 Å². The number of aliphatic hydroxyl groups excluding tert-OH is 1. The average molecular weight is 456 g/mol. The van der Waals surface area contributed by atoms with Gasteiger partial charge in [-0.25, -0.2) is 9.78 Å². The minimum Gasteiger partial charge on any atom is -0.493 e. The molecule has 2 atom stereocenters. The van der Waals surface area contributed by atoms with Crippen LogP contribution in [-0.4, -0.2) is 29.3 Å². The van der Waals surface area contributed by atoms with Crippen LogP contribution in [0.15, 0.2) is 78.9 Å². The van der Waals surface area contributed by atoms with Gasteiger partial charge in [-0.2, -0.15) is 0 Å². The maximum absolute atomic E-state index is 12.1. The summed E-state index contributed by atoms with van der Waals surface area (Å²) < 4.78 is 17.0. The topological polar surface area (TPSA) is 77.9 Å². The highest BCUT2D eigenvalue weighted by molar-refractivity contribution is 5.89. The van der Waals surface area contributed by atoms with E-state index in [1.807, 2.05) is 66.7 Å². The second-order valence-corrected chi connectivity index (χ2v) is 8.28. The minimum atomic E-state index is -0.733. The van der Waals surface area contributed by atoms with Crippen molar-refractivity contribution in [3.8, 4) is 17.4 Å². The lowest BCUT2D eigenvalue weighted by molar-refractivity contribution is 0.0505. The van der Waals surface area contributed by atoms with Crippen molar-refractivity contribution in [2.75, 3.05) is 13.2 Å². The summed E-state index contributed by atoms with van der Waals surface area (Å²) in [6, 6.07) is 24.4. The van der Waals surface area contributed by atoms with E-state index in [2.05, 4.69) is 4.98 Å². The SMILES string of the molecule is CCOC(=O)c1cccc(C[C@@H]2COc3ccc(Oc4ccc5ccccc5n4)cc3[C@@H]2O)c1. The number of fused-ring (bicyclic) bond motifs is 2. The number of ether oxygens (including phenoxy) is 3. The van der Waals surface area contributed by atoms with Gasteiger partial charge in [-0.15, -0.1) is 0 Å². The molecule has 0 radical (unpaired) electrons. The number of hydrogen-bond acceptors (Lipinski definition) is 6. The van der Waals surface area contributed by atoms with Crippen LogP contribution < -0.4 is 9.47 Å². The third kappa shape index (κ3) is 4.58. The van der Waals surface area contributed by atoms with Gasteiger partial charge in [0.15, 0.2) is 0 Å². The van der Waals surface area contributed by atoms with Crippen molar-refractivity contribution >= 4 is 16.9 Å². The fourth-order valence-electron chi connectivity index (χ4n) is 4.23. The molecule has 0 unspecified atom stereocenters. The molecule has 172 valence electrons. The first kappa shape index (κ1) is 21.9. The van der Waals surface area contributed by atoms with E-state index in [9.17, 15) is 9.90 Å². The number of aliphatic hydroxyl groups is 1. The summed E-state index contributed by atoms with van der Waals surface area (Å²) in [6.07, 6.45) is -0.173. The number of carbonyl (C=O) groups excluding carboxylic acids is 1. The van der Waals surface area contributed by atoms with Gasteiger partial charge in [-0.05, 0) is 61.4 Å². The van der Waals surface area contributed by atoms with Gasteiger partial charge in [0.1, 0.15) is 11.5 Å². The first-order chi connectivity index (χ1) is 16.6. The highest BCUT2D eigenvalue weighted by atomic mass is 16.5. The molecule has 6 nitrogen and oxygen atoms in total. The number of esters is 1. The molecule has 34 heavy (non-hydrogen) atoms. The van der Waals surface area contributed by atoms with Gasteiger partial charge in [-0.1, -0.05) is 30.3 Å². The van der Waals surface area contributed by atoms with E-state index in [-0.39, 0.29) is 11.9 Å². The van der Waals surface area contributed by atoms with Gasteiger partial charge in [0.25, 0.3) is 0 Å². The summed E-state index contributed by atoms with van der Waals surface area (Å²) >= 11 is 0. The summed E-state index contributed by atoms with van der Waals surface area (Å²) in [5.74, 6) is 1.19. The van der Waals surface area contributed by atoms with Gasteiger partial charge < -0.3 is 19.3 Å². The summed E-state index contributed by atoms with van der Waals surface area (Å²) in [5.41, 5.74) is 2.97. The van der Waals surface area contributed by atoms with Crippen LogP contribution in [0.1, 0.15) is 34.5 Å². The van der Waals surface area contributed by atoms with E-state index in [1.165, 1.54) is 0 Å². The first-order valence-corrected chi connectivity index (χ1v) is 11.3. The lowest BCUT2D eigenvalue weighted by Crippen LogP contribution is -2.27. The number of carbonyl (C=O) groups is 1. The summed E-state index contributed by atoms with van der Waals surface area (Å²) in [7, 11) is 0. The normalized spacial score (nSPS) is 17.0. The number of pyridine rings is 1. The fourth-order valence-corrected chi connectivity index (χ4v) is 4.23. The van der Waals surface area contributed by atoms with Gasteiger partial charge in [0.2, 0.25) is 5.88 Å². The summed E-state index contributed by atoms with van der Waals surface area (Å²) in [6.45, 7) is 2.49. The molecule has 0 saturated heterocycles. The molecule has 0 spiro atoms. The highest BCUT2D eigenvalue weighted by Gasteiger charge is 2.30. The maximum atomic E-state index is 12.1. The summed E-state index contributed by atoms with van der Waals surface area (Å²) in [5, 5.41) is 12.2. The maximum Gasteiger partial charge on any atom is 0.338 e. The highest BCUT2D eigenvalue weighted by Crippen LogP contribution is 2.39. The number of aromatic nitrogens is 1. The van der Waals surface area contributed by atoms with Crippen molar-refractivity contribution < 1.29 is 24.1 Å². The van der Waals surface area contributed by atoms with Crippen LogP contribution in [0.2, 0.25) is 0 Å². The third-order valence-electron chi connectivity index (χ3n) is 5.93. The van der Waals surface area contributed by atoms with E-state index in [1.54, 1.807) is 19.1 Å². The number of rotatable bonds is 6. The Kier molecular flexibility index (Phi) is 6.14. The Morgan fingerprint density at radius 1 is 1.06 bits per heavy atom. The van der Waals surface area contributed by atoms with Crippen LogP contribution in [0.3, 0.4) is 0 Å². The van der Waals surface area contributed by atoms with Crippen LogP contribution in [0.5, 0.6) is 17.4 Å². The van der Waals surface area contributed by atoms with E-state index in [0.717, 1.165) is 16.5 Å². The monoisotopic (exact) mass is 455 g/mol. The molecule has 4 aromatic rings. The number of hydrogen-bond donors (Lipinski definition) is 1. The first-order valence-electron chi connectivity index (χ1n) is 11.3. The molecule has 0 amide bonds. The van der Waals surface area contributed by atoms with Crippen LogP contribution >= 0.6 is 0 Å². The molecule has 0 fully saturated rings. The molecule has 1 N–H and O–H groups in total. The Morgan fingerprint density at radius 2 is 1.94 bits per heavy atom. The molecule has 0 aliphatic carbocycles. The van der Waals surface area contributed by atoms with Gasteiger partial charge in [-0.3, -0.25) is 0 Å². The van der Waals surface area contributed by atoms with Crippen molar-refractivity contribution in [2.24, 2.45) is 5.92 Å². The second-order valence-electron chi connectivity index (χ2n) is 8.28. The molecular weight excluding hydrogens is 430 g/mol. The van der Waals surface area contributed by atoms with Crippen molar-refractivity contribution in [3.05, 3.63) is 95.6 Å². The summed E-state index contributed by atoms with van der Waals surface area (Å²) in [4.78, 5) is 16.6. The molecule has 5 rings (SSSR count). The Morgan fingerprint density at radius 3 is 2.82 bits per heavy atom. The molecule has 3 aromatic carbocycles. The molecule has 1 aliphatic heterocycles. The zero-order chi connectivity index (χ0) is 23.5. The zero-order valence-electron chi connectivity index (χ0n) is 18.8. The van der Waals surface area contributed by atoms with E-state index >= 15 is 0 Å². The molecule has 1 aliphatic rings. The molecule has 1 aromatic heterocycles. The molecule has 6 heteroatoms. The van der Waals surface area contributed by atoms with E-state index < -0.39 is 6.10 Å². The number of nitrogens with zero attached hydrogens (tertiary/aromatic N) is 1. The smallest absolute Gasteiger partial charge is 0.338 e. The Labute approximate surface area is 197 Å². The van der Waals surface area contributed by atoms with Crippen LogP contribution in [0.4, 0.5) is 0 Å². The lowest BCUT2D eigenvalue weighted by Gasteiger charge is -2.30. The Hall–Kier alpha value is -3.90. The Bertz CT molecular complexity index is 1340. The second kappa shape index (κ2) is 9.53. The number of benzene rings is 3. The molecule has 0 saturated carbocycles. The minimum absolute atomic E-state index is 0.168. The standard InChI is InChI=1S/C28H25NO5/c1-2-32-28(31)20-8-5-6-18(14-20)15-21-17-33-25-12-11-22(16-23(25)27(21)30)34-26-13-10-19-7-3-4-9-24(19)29-26/h3-14,16,21,27,30H,2,15,17H2,1H3/t21-,27-/m1/s1. The Balaban J connectivity index is 1.33. The van der Waals surface area contributed by atoms with Crippen LogP contribution in [-0.2, 0) is 11.2 Å².